The predicted octanol–water partition coefficient (Wildman–Crippen LogP) is 4.12. The highest BCUT2D eigenvalue weighted by atomic mass is 16.5. The third-order valence-corrected chi connectivity index (χ3v) is 3.66. The summed E-state index contributed by atoms with van der Waals surface area (Å²) in [5.74, 6) is 1.26. The lowest BCUT2D eigenvalue weighted by atomic mass is 10.1. The van der Waals surface area contributed by atoms with Crippen molar-refractivity contribution < 1.29 is 14.3 Å². The number of rotatable bonds is 8. The molecule has 0 atom stereocenters. The number of carbonyl (C=O) groups is 1. The fourth-order valence-electron chi connectivity index (χ4n) is 2.25. The molecule has 0 fully saturated rings. The quantitative estimate of drug-likeness (QED) is 0.736. The van der Waals surface area contributed by atoms with Crippen LogP contribution in [-0.2, 0) is 11.3 Å². The van der Waals surface area contributed by atoms with Crippen molar-refractivity contribution in [3.63, 3.8) is 0 Å². The number of amides is 1. The average molecular weight is 339 g/mol. The lowest BCUT2D eigenvalue weighted by molar-refractivity contribution is -0.116. The fraction of sp³-hybridized carbons (Fsp3) is 0.286. The van der Waals surface area contributed by atoms with E-state index in [1.165, 1.54) is 5.56 Å². The zero-order chi connectivity index (χ0) is 18.1. The van der Waals surface area contributed by atoms with Crippen LogP contribution in [-0.4, -0.2) is 19.6 Å². The van der Waals surface area contributed by atoms with E-state index in [1.807, 2.05) is 49.4 Å². The fourth-order valence-corrected chi connectivity index (χ4v) is 2.25. The van der Waals surface area contributed by atoms with Crippen molar-refractivity contribution >= 4 is 12.0 Å². The highest BCUT2D eigenvalue weighted by Gasteiger charge is 2.06. The second kappa shape index (κ2) is 9.52. The van der Waals surface area contributed by atoms with Gasteiger partial charge in [-0.25, -0.2) is 0 Å². The van der Waals surface area contributed by atoms with Gasteiger partial charge in [0, 0.05) is 12.6 Å². The molecule has 2 aromatic carbocycles. The van der Waals surface area contributed by atoms with Gasteiger partial charge in [-0.1, -0.05) is 42.8 Å². The summed E-state index contributed by atoms with van der Waals surface area (Å²) in [6, 6.07) is 13.7. The van der Waals surface area contributed by atoms with Crippen molar-refractivity contribution in [2.24, 2.45) is 0 Å². The van der Waals surface area contributed by atoms with Gasteiger partial charge < -0.3 is 14.8 Å². The minimum absolute atomic E-state index is 0.133. The molecule has 0 saturated carbocycles. The molecule has 132 valence electrons. The van der Waals surface area contributed by atoms with Crippen LogP contribution in [0.2, 0.25) is 0 Å². The van der Waals surface area contributed by atoms with Crippen LogP contribution >= 0.6 is 0 Å². The molecular formula is C21H25NO3. The second-order valence-corrected chi connectivity index (χ2v) is 5.80. The van der Waals surface area contributed by atoms with Gasteiger partial charge in [0.05, 0.1) is 13.7 Å². The summed E-state index contributed by atoms with van der Waals surface area (Å²) in [6.07, 6.45) is 4.28. The molecule has 4 nitrogen and oxygen atoms in total. The summed E-state index contributed by atoms with van der Waals surface area (Å²) in [5, 5.41) is 2.87. The Labute approximate surface area is 149 Å². The van der Waals surface area contributed by atoms with Gasteiger partial charge in [-0.3, -0.25) is 4.79 Å². The Kier molecular flexibility index (Phi) is 7.08. The lowest BCUT2D eigenvalue weighted by Gasteiger charge is -2.11. The van der Waals surface area contributed by atoms with E-state index >= 15 is 0 Å². The topological polar surface area (TPSA) is 47.6 Å². The molecule has 0 radical (unpaired) electrons. The molecule has 2 rings (SSSR count). The smallest absolute Gasteiger partial charge is 0.244 e. The normalized spacial score (nSPS) is 10.7. The maximum absolute atomic E-state index is 12.0. The van der Waals surface area contributed by atoms with Gasteiger partial charge in [0.15, 0.2) is 11.5 Å². The second-order valence-electron chi connectivity index (χ2n) is 5.80. The first kappa shape index (κ1) is 18.6. The van der Waals surface area contributed by atoms with E-state index in [-0.39, 0.29) is 5.91 Å². The van der Waals surface area contributed by atoms with E-state index in [0.29, 0.717) is 18.9 Å². The molecule has 25 heavy (non-hydrogen) atoms. The minimum atomic E-state index is -0.133. The van der Waals surface area contributed by atoms with Gasteiger partial charge in [0.25, 0.3) is 0 Å². The average Bonchev–Trinajstić information content (AvgIpc) is 2.64. The van der Waals surface area contributed by atoms with Crippen molar-refractivity contribution in [1.29, 1.82) is 0 Å². The van der Waals surface area contributed by atoms with Crippen LogP contribution in [0.5, 0.6) is 11.5 Å². The van der Waals surface area contributed by atoms with Crippen LogP contribution in [0, 0.1) is 6.92 Å². The van der Waals surface area contributed by atoms with Crippen LogP contribution in [0.4, 0.5) is 0 Å². The van der Waals surface area contributed by atoms with Crippen molar-refractivity contribution in [2.75, 3.05) is 13.7 Å². The predicted molar refractivity (Wildman–Crippen MR) is 101 cm³/mol. The SMILES string of the molecule is CCCOc1ccc(CNC(=O)/C=C/c2ccc(C)cc2)cc1OC. The van der Waals surface area contributed by atoms with Crippen LogP contribution in [0.1, 0.15) is 30.0 Å². The molecule has 0 heterocycles. The zero-order valence-electron chi connectivity index (χ0n) is 15.0. The molecule has 2 aromatic rings. The third-order valence-electron chi connectivity index (χ3n) is 3.66. The number of hydrogen-bond acceptors (Lipinski definition) is 3. The number of ether oxygens (including phenoxy) is 2. The molecule has 0 bridgehead atoms. The molecule has 1 N–H and O–H groups in total. The maximum atomic E-state index is 12.0. The van der Waals surface area contributed by atoms with Crippen LogP contribution in [0.25, 0.3) is 6.08 Å². The Morgan fingerprint density at radius 1 is 1.12 bits per heavy atom. The first-order valence-corrected chi connectivity index (χ1v) is 8.44. The van der Waals surface area contributed by atoms with Gasteiger partial charge >= 0.3 is 0 Å². The monoisotopic (exact) mass is 339 g/mol. The minimum Gasteiger partial charge on any atom is -0.493 e. The van der Waals surface area contributed by atoms with Gasteiger partial charge in [-0.2, -0.15) is 0 Å². The van der Waals surface area contributed by atoms with E-state index in [9.17, 15) is 4.79 Å². The van der Waals surface area contributed by atoms with E-state index < -0.39 is 0 Å². The Hall–Kier alpha value is -2.75. The highest BCUT2D eigenvalue weighted by molar-refractivity contribution is 5.91. The maximum Gasteiger partial charge on any atom is 0.244 e. The van der Waals surface area contributed by atoms with E-state index in [2.05, 4.69) is 12.2 Å². The number of methoxy groups -OCH3 is 1. The van der Waals surface area contributed by atoms with Gasteiger partial charge in [0.1, 0.15) is 0 Å². The molecule has 0 aliphatic rings. The van der Waals surface area contributed by atoms with E-state index in [0.717, 1.165) is 23.3 Å². The molecule has 0 saturated heterocycles. The molecular weight excluding hydrogens is 314 g/mol. The summed E-state index contributed by atoms with van der Waals surface area (Å²) >= 11 is 0. The summed E-state index contributed by atoms with van der Waals surface area (Å²) in [5.41, 5.74) is 3.15. The van der Waals surface area contributed by atoms with Crippen molar-refractivity contribution in [3.05, 3.63) is 65.2 Å². The van der Waals surface area contributed by atoms with E-state index in [4.69, 9.17) is 9.47 Å². The standard InChI is InChI=1S/C21H25NO3/c1-4-13-25-19-11-9-18(14-20(19)24-3)15-22-21(23)12-10-17-7-5-16(2)6-8-17/h5-12,14H,4,13,15H2,1-3H3,(H,22,23)/b12-10+. The first-order chi connectivity index (χ1) is 12.1. The number of benzene rings is 2. The summed E-state index contributed by atoms with van der Waals surface area (Å²) in [7, 11) is 1.61. The Balaban J connectivity index is 1.91. The van der Waals surface area contributed by atoms with Crippen molar-refractivity contribution in [1.82, 2.24) is 5.32 Å². The molecule has 0 unspecified atom stereocenters. The number of carbonyl (C=O) groups excluding carboxylic acids is 1. The van der Waals surface area contributed by atoms with Crippen molar-refractivity contribution in [2.45, 2.75) is 26.8 Å². The molecule has 0 aromatic heterocycles. The van der Waals surface area contributed by atoms with E-state index in [1.54, 1.807) is 19.3 Å². The lowest BCUT2D eigenvalue weighted by Crippen LogP contribution is -2.20. The highest BCUT2D eigenvalue weighted by Crippen LogP contribution is 2.28. The number of aryl methyl sites for hydroxylation is 1. The van der Waals surface area contributed by atoms with Gasteiger partial charge in [-0.05, 0) is 42.7 Å². The molecule has 0 spiro atoms. The summed E-state index contributed by atoms with van der Waals surface area (Å²) in [4.78, 5) is 12.0. The van der Waals surface area contributed by atoms with Crippen LogP contribution in [0.3, 0.4) is 0 Å². The Bertz CT molecular complexity index is 720. The Morgan fingerprint density at radius 3 is 2.56 bits per heavy atom. The van der Waals surface area contributed by atoms with Crippen molar-refractivity contribution in [3.8, 4) is 11.5 Å². The number of hydrogen-bond donors (Lipinski definition) is 1. The molecule has 0 aliphatic carbocycles. The summed E-state index contributed by atoms with van der Waals surface area (Å²) < 4.78 is 11.0. The van der Waals surface area contributed by atoms with Crippen LogP contribution < -0.4 is 14.8 Å². The number of nitrogens with one attached hydrogen (secondary N) is 1. The van der Waals surface area contributed by atoms with Gasteiger partial charge in [-0.15, -0.1) is 0 Å². The molecule has 4 heteroatoms. The van der Waals surface area contributed by atoms with Gasteiger partial charge in [0.2, 0.25) is 5.91 Å². The first-order valence-electron chi connectivity index (χ1n) is 8.44. The van der Waals surface area contributed by atoms with Crippen LogP contribution in [0.15, 0.2) is 48.5 Å². The largest absolute Gasteiger partial charge is 0.493 e. The molecule has 0 aliphatic heterocycles. The zero-order valence-corrected chi connectivity index (χ0v) is 15.0. The third kappa shape index (κ3) is 5.99. The Morgan fingerprint density at radius 2 is 1.88 bits per heavy atom. The molecule has 1 amide bonds. The summed E-state index contributed by atoms with van der Waals surface area (Å²) in [6.45, 7) is 5.17.